The van der Waals surface area contributed by atoms with E-state index in [-0.39, 0.29) is 28.2 Å². The molecule has 188 valence electrons. The van der Waals surface area contributed by atoms with Gasteiger partial charge in [0.15, 0.2) is 11.6 Å². The van der Waals surface area contributed by atoms with Gasteiger partial charge in [0.1, 0.15) is 23.1 Å². The molecule has 1 aliphatic rings. The number of aliphatic hydroxyl groups excluding tert-OH is 1. The average Bonchev–Trinajstić information content (AvgIpc) is 3.60. The first-order chi connectivity index (χ1) is 17.9. The van der Waals surface area contributed by atoms with Gasteiger partial charge in [0.05, 0.1) is 24.3 Å². The summed E-state index contributed by atoms with van der Waals surface area (Å²) < 4.78 is 55.9. The summed E-state index contributed by atoms with van der Waals surface area (Å²) in [4.78, 5) is 10.3. The predicted molar refractivity (Wildman–Crippen MR) is 131 cm³/mol. The standard InChI is InChI=1S/C28H22F3N3O3/c1-28(9-11-36-21-5-3-2-4-19(21)28)22-13-33-27(34-22)17-12-15(6-7-20(17)29)37-26-18(14-35)16-8-10-32-25(16)23(30)24(26)31/h2-8,10,12-13,32,35H,9,11,14H2,1H3,(H,33,34). The monoisotopic (exact) mass is 505 g/mol. The number of ether oxygens (including phenoxy) is 2. The smallest absolute Gasteiger partial charge is 0.203 e. The molecule has 3 aromatic carbocycles. The number of hydrogen-bond acceptors (Lipinski definition) is 4. The van der Waals surface area contributed by atoms with Crippen molar-refractivity contribution in [3.8, 4) is 28.6 Å². The molecule has 0 spiro atoms. The first kappa shape index (κ1) is 23.2. The summed E-state index contributed by atoms with van der Waals surface area (Å²) in [6.45, 7) is 2.02. The molecule has 9 heteroatoms. The number of halogens is 3. The number of nitrogens with zero attached hydrogens (tertiary/aromatic N) is 1. The molecule has 2 aromatic heterocycles. The Balaban J connectivity index is 1.38. The number of rotatable bonds is 5. The van der Waals surface area contributed by atoms with E-state index in [0.717, 1.165) is 17.0 Å². The first-order valence-corrected chi connectivity index (χ1v) is 11.7. The number of imidazole rings is 1. The topological polar surface area (TPSA) is 83.2 Å². The van der Waals surface area contributed by atoms with Crippen LogP contribution < -0.4 is 9.47 Å². The van der Waals surface area contributed by atoms with Crippen LogP contribution in [0.25, 0.3) is 22.3 Å². The van der Waals surface area contributed by atoms with Crippen LogP contribution in [0.5, 0.6) is 17.2 Å². The van der Waals surface area contributed by atoms with Crippen LogP contribution in [0.4, 0.5) is 13.2 Å². The summed E-state index contributed by atoms with van der Waals surface area (Å²) in [5, 5.41) is 10.1. The Kier molecular flexibility index (Phi) is 5.45. The number of benzene rings is 3. The van der Waals surface area contributed by atoms with E-state index in [2.05, 4.69) is 21.9 Å². The van der Waals surface area contributed by atoms with Crippen LogP contribution in [0.3, 0.4) is 0 Å². The molecule has 0 fully saturated rings. The zero-order valence-electron chi connectivity index (χ0n) is 19.7. The lowest BCUT2D eigenvalue weighted by Crippen LogP contribution is -2.31. The number of aromatic amines is 2. The molecule has 0 bridgehead atoms. The van der Waals surface area contributed by atoms with E-state index < -0.39 is 35.2 Å². The average molecular weight is 505 g/mol. The second-order valence-electron chi connectivity index (χ2n) is 9.18. The zero-order valence-corrected chi connectivity index (χ0v) is 19.7. The van der Waals surface area contributed by atoms with E-state index in [9.17, 15) is 18.3 Å². The number of fused-ring (bicyclic) bond motifs is 2. The van der Waals surface area contributed by atoms with Gasteiger partial charge in [-0.15, -0.1) is 0 Å². The van der Waals surface area contributed by atoms with Crippen LogP contribution in [0.15, 0.2) is 60.9 Å². The molecule has 5 aromatic rings. The molecule has 1 aliphatic heterocycles. The largest absolute Gasteiger partial charge is 0.493 e. The predicted octanol–water partition coefficient (Wildman–Crippen LogP) is 6.35. The fourth-order valence-electron chi connectivity index (χ4n) is 4.96. The van der Waals surface area contributed by atoms with Crippen LogP contribution in [-0.4, -0.2) is 26.7 Å². The summed E-state index contributed by atoms with van der Waals surface area (Å²) >= 11 is 0. The van der Waals surface area contributed by atoms with E-state index >= 15 is 0 Å². The lowest BCUT2D eigenvalue weighted by atomic mass is 9.75. The van der Waals surface area contributed by atoms with Crippen LogP contribution in [0.2, 0.25) is 0 Å². The highest BCUT2D eigenvalue weighted by molar-refractivity contribution is 5.86. The highest BCUT2D eigenvalue weighted by Crippen LogP contribution is 2.43. The van der Waals surface area contributed by atoms with Crippen molar-refractivity contribution in [3.05, 3.63) is 95.2 Å². The molecule has 3 heterocycles. The molecule has 0 saturated carbocycles. The zero-order chi connectivity index (χ0) is 25.7. The van der Waals surface area contributed by atoms with E-state index in [1.807, 2.05) is 24.3 Å². The number of aliphatic hydroxyl groups is 1. The summed E-state index contributed by atoms with van der Waals surface area (Å²) in [6.07, 6.45) is 3.81. The Bertz CT molecular complexity index is 1640. The second-order valence-corrected chi connectivity index (χ2v) is 9.18. The summed E-state index contributed by atoms with van der Waals surface area (Å²) in [7, 11) is 0. The van der Waals surface area contributed by atoms with E-state index in [1.165, 1.54) is 30.5 Å². The van der Waals surface area contributed by atoms with Gasteiger partial charge in [-0.05, 0) is 43.7 Å². The Morgan fingerprint density at radius 1 is 1.11 bits per heavy atom. The molecule has 3 N–H and O–H groups in total. The molecule has 6 nitrogen and oxygen atoms in total. The molecule has 37 heavy (non-hydrogen) atoms. The number of H-pyrrole nitrogens is 2. The van der Waals surface area contributed by atoms with E-state index in [0.29, 0.717) is 18.4 Å². The maximum atomic E-state index is 14.9. The first-order valence-electron chi connectivity index (χ1n) is 11.7. The Morgan fingerprint density at radius 2 is 1.95 bits per heavy atom. The van der Waals surface area contributed by atoms with Crippen molar-refractivity contribution in [2.24, 2.45) is 0 Å². The van der Waals surface area contributed by atoms with Gasteiger partial charge < -0.3 is 24.5 Å². The normalized spacial score (nSPS) is 17.0. The lowest BCUT2D eigenvalue weighted by Gasteiger charge is -2.34. The van der Waals surface area contributed by atoms with Gasteiger partial charge >= 0.3 is 0 Å². The third-order valence-electron chi connectivity index (χ3n) is 7.04. The van der Waals surface area contributed by atoms with Gasteiger partial charge in [-0.25, -0.2) is 13.8 Å². The van der Waals surface area contributed by atoms with Crippen molar-refractivity contribution in [3.63, 3.8) is 0 Å². The van der Waals surface area contributed by atoms with Gasteiger partial charge in [-0.1, -0.05) is 18.2 Å². The highest BCUT2D eigenvalue weighted by atomic mass is 19.2. The molecule has 0 radical (unpaired) electrons. The fraction of sp³-hybridized carbons (Fsp3) is 0.179. The summed E-state index contributed by atoms with van der Waals surface area (Å²) in [6, 6.07) is 13.1. The van der Waals surface area contributed by atoms with Crippen LogP contribution in [0.1, 0.15) is 30.2 Å². The molecule has 0 amide bonds. The van der Waals surface area contributed by atoms with Gasteiger partial charge in [0.25, 0.3) is 0 Å². The number of nitrogens with one attached hydrogen (secondary N) is 2. The minimum absolute atomic E-state index is 0.0554. The van der Waals surface area contributed by atoms with Crippen molar-refractivity contribution in [2.75, 3.05) is 6.61 Å². The van der Waals surface area contributed by atoms with Gasteiger partial charge in [0.2, 0.25) is 5.82 Å². The fourth-order valence-corrected chi connectivity index (χ4v) is 4.96. The van der Waals surface area contributed by atoms with Crippen LogP contribution in [-0.2, 0) is 12.0 Å². The lowest BCUT2D eigenvalue weighted by molar-refractivity contribution is 0.241. The van der Waals surface area contributed by atoms with E-state index in [4.69, 9.17) is 9.47 Å². The minimum Gasteiger partial charge on any atom is -0.493 e. The van der Waals surface area contributed by atoms with Crippen molar-refractivity contribution < 1.29 is 27.8 Å². The SMILES string of the molecule is CC1(c2cnc(-c3cc(Oc4c(F)c(F)c5[nH]ccc5c4CO)ccc3F)[nH]2)CCOc2ccccc21. The van der Waals surface area contributed by atoms with Gasteiger partial charge in [-0.2, -0.15) is 4.39 Å². The van der Waals surface area contributed by atoms with Crippen LogP contribution >= 0.6 is 0 Å². The Hall–Kier alpha value is -4.24. The van der Waals surface area contributed by atoms with Crippen molar-refractivity contribution >= 4 is 10.9 Å². The van der Waals surface area contributed by atoms with Crippen molar-refractivity contribution in [2.45, 2.75) is 25.4 Å². The maximum Gasteiger partial charge on any atom is 0.203 e. The second kappa shape index (κ2) is 8.70. The summed E-state index contributed by atoms with van der Waals surface area (Å²) in [5.74, 6) is -2.30. The third-order valence-corrected chi connectivity index (χ3v) is 7.04. The molecular formula is C28H22F3N3O3. The summed E-state index contributed by atoms with van der Waals surface area (Å²) in [5.41, 5.74) is 1.47. The highest BCUT2D eigenvalue weighted by Gasteiger charge is 2.36. The van der Waals surface area contributed by atoms with Crippen molar-refractivity contribution in [1.29, 1.82) is 0 Å². The third kappa shape index (κ3) is 3.65. The van der Waals surface area contributed by atoms with Gasteiger partial charge in [0, 0.05) is 40.0 Å². The number of aromatic nitrogens is 3. The molecular weight excluding hydrogens is 483 g/mol. The quantitative estimate of drug-likeness (QED) is 0.260. The molecule has 1 atom stereocenters. The Labute approximate surface area is 209 Å². The van der Waals surface area contributed by atoms with Gasteiger partial charge in [-0.3, -0.25) is 0 Å². The maximum absolute atomic E-state index is 14.9. The van der Waals surface area contributed by atoms with Crippen LogP contribution in [0, 0.1) is 17.5 Å². The van der Waals surface area contributed by atoms with E-state index in [1.54, 1.807) is 6.20 Å². The molecule has 0 saturated heterocycles. The van der Waals surface area contributed by atoms with Crippen molar-refractivity contribution in [1.82, 2.24) is 15.0 Å². The number of hydrogen-bond donors (Lipinski definition) is 3. The molecule has 6 rings (SSSR count). The minimum atomic E-state index is -1.25. The Morgan fingerprint density at radius 3 is 2.78 bits per heavy atom. The molecule has 0 aliphatic carbocycles. The number of para-hydroxylation sites is 1. The molecule has 1 unspecified atom stereocenters.